The molecular weight excluding hydrogens is 320 g/mol. The minimum atomic E-state index is -4.76. The zero-order valence-corrected chi connectivity index (χ0v) is 11.8. The lowest BCUT2D eigenvalue weighted by atomic mass is 9.79. The molecule has 1 aromatic rings. The maximum Gasteiger partial charge on any atom is 0.495 e. The van der Waals surface area contributed by atoms with Crippen LogP contribution in [0.1, 0.15) is 6.92 Å². The van der Waals surface area contributed by atoms with Gasteiger partial charge < -0.3 is 19.2 Å². The van der Waals surface area contributed by atoms with E-state index in [4.69, 9.17) is 14.4 Å². The van der Waals surface area contributed by atoms with Crippen LogP contribution in [-0.2, 0) is 23.6 Å². The Bertz CT molecular complexity index is 579. The molecule has 2 rings (SSSR count). The zero-order valence-electron chi connectivity index (χ0n) is 11.8. The first-order valence-electron chi connectivity index (χ1n) is 6.56. The van der Waals surface area contributed by atoms with Crippen LogP contribution >= 0.6 is 0 Å². The van der Waals surface area contributed by atoms with Crippen LogP contribution in [0.5, 0.6) is 0 Å². The third-order valence-corrected chi connectivity index (χ3v) is 3.12. The Hall–Kier alpha value is -2.07. The van der Waals surface area contributed by atoms with Gasteiger partial charge in [-0.15, -0.1) is 0 Å². The third kappa shape index (κ3) is 4.02. The molecule has 3 atom stereocenters. The van der Waals surface area contributed by atoms with Crippen molar-refractivity contribution in [1.82, 2.24) is 0 Å². The monoisotopic (exact) mass is 332 g/mol. The quantitative estimate of drug-likeness (QED) is 0.647. The third-order valence-electron chi connectivity index (χ3n) is 3.12. The van der Waals surface area contributed by atoms with Crippen molar-refractivity contribution in [3.8, 4) is 0 Å². The van der Waals surface area contributed by atoms with E-state index in [0.717, 1.165) is 0 Å². The molecule has 0 aromatic heterocycles. The number of halogens is 3. The lowest BCUT2D eigenvalue weighted by Gasteiger charge is -2.19. The number of aliphatic carboxylic acids is 1. The van der Waals surface area contributed by atoms with Crippen LogP contribution in [0.15, 0.2) is 30.3 Å². The average molecular weight is 332 g/mol. The molecule has 0 aliphatic carbocycles. The summed E-state index contributed by atoms with van der Waals surface area (Å²) in [4.78, 5) is 22.9. The maximum absolute atomic E-state index is 12.4. The topological polar surface area (TPSA) is 82.1 Å². The summed E-state index contributed by atoms with van der Waals surface area (Å²) >= 11 is 0. The highest BCUT2D eigenvalue weighted by Gasteiger charge is 2.51. The summed E-state index contributed by atoms with van der Waals surface area (Å²) < 4.78 is 51.8. The van der Waals surface area contributed by atoms with Crippen LogP contribution in [0, 0.1) is 0 Å². The van der Waals surface area contributed by atoms with Gasteiger partial charge in [-0.1, -0.05) is 30.3 Å². The van der Waals surface area contributed by atoms with E-state index in [-0.39, 0.29) is 0 Å². The fourth-order valence-corrected chi connectivity index (χ4v) is 1.88. The van der Waals surface area contributed by atoms with E-state index in [2.05, 4.69) is 4.74 Å². The van der Waals surface area contributed by atoms with E-state index >= 15 is 0 Å². The van der Waals surface area contributed by atoms with Gasteiger partial charge in [-0.2, -0.15) is 13.2 Å². The summed E-state index contributed by atoms with van der Waals surface area (Å²) in [6.07, 6.45) is -10.7. The molecule has 0 spiro atoms. The van der Waals surface area contributed by atoms with E-state index in [1.165, 1.54) is 0 Å². The van der Waals surface area contributed by atoms with Gasteiger partial charge >= 0.3 is 25.2 Å². The van der Waals surface area contributed by atoms with Crippen molar-refractivity contribution in [1.29, 1.82) is 0 Å². The van der Waals surface area contributed by atoms with Crippen molar-refractivity contribution < 1.29 is 41.9 Å². The number of benzene rings is 1. The van der Waals surface area contributed by atoms with Crippen LogP contribution in [0.4, 0.5) is 13.2 Å². The van der Waals surface area contributed by atoms with Gasteiger partial charge in [0.1, 0.15) is 0 Å². The normalized spacial score (nSPS) is 22.7. The lowest BCUT2D eigenvalue weighted by molar-refractivity contribution is -0.220. The Kier molecular flexibility index (Phi) is 4.95. The molecule has 0 bridgehead atoms. The van der Waals surface area contributed by atoms with Gasteiger partial charge in [0.25, 0.3) is 0 Å². The number of carboxylic acids is 1. The van der Waals surface area contributed by atoms with Crippen LogP contribution in [0.25, 0.3) is 0 Å². The standard InChI is InChI=1S/C13H12BF3O6/c1-7(13(15,16)17)21-12(20)10-9(11(18)19)22-14(23-10)8-5-3-2-4-6-8/h2-7,9-10H,1H3,(H,18,19)/t7?,9-,10-/m1/s1. The Morgan fingerprint density at radius 3 is 2.30 bits per heavy atom. The van der Waals surface area contributed by atoms with Crippen molar-refractivity contribution in [3.63, 3.8) is 0 Å². The fraction of sp³-hybridized carbons (Fsp3) is 0.385. The van der Waals surface area contributed by atoms with Crippen LogP contribution in [-0.4, -0.2) is 48.7 Å². The highest BCUT2D eigenvalue weighted by atomic mass is 19.4. The average Bonchev–Trinajstić information content (AvgIpc) is 2.92. The van der Waals surface area contributed by atoms with Crippen molar-refractivity contribution >= 4 is 24.5 Å². The predicted octanol–water partition coefficient (Wildman–Crippen LogP) is 0.744. The molecule has 0 saturated carbocycles. The molecule has 1 aliphatic heterocycles. The largest absolute Gasteiger partial charge is 0.495 e. The maximum atomic E-state index is 12.4. The first kappa shape index (κ1) is 17.3. The number of hydrogen-bond donors (Lipinski definition) is 1. The molecule has 1 fully saturated rings. The number of rotatable bonds is 4. The number of ether oxygens (including phenoxy) is 1. The number of alkyl halides is 3. The number of carbonyl (C=O) groups excluding carboxylic acids is 1. The molecule has 1 saturated heterocycles. The molecule has 0 amide bonds. The number of carbonyl (C=O) groups is 2. The van der Waals surface area contributed by atoms with Crippen molar-refractivity contribution in [2.24, 2.45) is 0 Å². The first-order valence-corrected chi connectivity index (χ1v) is 6.56. The predicted molar refractivity (Wildman–Crippen MR) is 70.8 cm³/mol. The Morgan fingerprint density at radius 2 is 1.78 bits per heavy atom. The molecule has 6 nitrogen and oxygen atoms in total. The van der Waals surface area contributed by atoms with Crippen molar-refractivity contribution in [2.45, 2.75) is 31.4 Å². The van der Waals surface area contributed by atoms with E-state index in [1.54, 1.807) is 30.3 Å². The number of esters is 1. The highest BCUT2D eigenvalue weighted by molar-refractivity contribution is 6.62. The SMILES string of the molecule is CC(OC(=O)[C@@H]1OB(c2ccccc2)O[C@H]1C(=O)O)C(F)(F)F. The molecule has 1 aliphatic rings. The molecule has 10 heteroatoms. The Morgan fingerprint density at radius 1 is 1.22 bits per heavy atom. The van der Waals surface area contributed by atoms with E-state index < -0.39 is 43.5 Å². The Labute approximate surface area is 129 Å². The zero-order chi connectivity index (χ0) is 17.2. The minimum absolute atomic E-state index is 0.429. The van der Waals surface area contributed by atoms with Gasteiger partial charge in [0.2, 0.25) is 0 Å². The lowest BCUT2D eigenvalue weighted by Crippen LogP contribution is -2.42. The molecular formula is C13H12BF3O6. The summed E-state index contributed by atoms with van der Waals surface area (Å²) in [5, 5.41) is 9.06. The number of carboxylic acid groups (broad SMARTS) is 1. The van der Waals surface area contributed by atoms with Crippen molar-refractivity contribution in [2.75, 3.05) is 0 Å². The van der Waals surface area contributed by atoms with E-state index in [0.29, 0.717) is 12.4 Å². The van der Waals surface area contributed by atoms with Crippen LogP contribution < -0.4 is 5.46 Å². The van der Waals surface area contributed by atoms with Gasteiger partial charge in [0, 0.05) is 0 Å². The second-order valence-electron chi connectivity index (χ2n) is 4.81. The Balaban J connectivity index is 2.13. The van der Waals surface area contributed by atoms with Gasteiger partial charge in [-0.25, -0.2) is 9.59 Å². The molecule has 1 unspecified atom stereocenters. The molecule has 23 heavy (non-hydrogen) atoms. The smallest absolute Gasteiger partial charge is 0.479 e. The van der Waals surface area contributed by atoms with Gasteiger partial charge in [0.15, 0.2) is 18.3 Å². The molecule has 1 N–H and O–H groups in total. The number of hydrogen-bond acceptors (Lipinski definition) is 5. The second kappa shape index (κ2) is 6.59. The highest BCUT2D eigenvalue weighted by Crippen LogP contribution is 2.25. The van der Waals surface area contributed by atoms with Crippen molar-refractivity contribution in [3.05, 3.63) is 30.3 Å². The second-order valence-corrected chi connectivity index (χ2v) is 4.81. The summed E-state index contributed by atoms with van der Waals surface area (Å²) in [5.41, 5.74) is 0.429. The van der Waals surface area contributed by atoms with Gasteiger partial charge in [-0.05, 0) is 12.4 Å². The fourth-order valence-electron chi connectivity index (χ4n) is 1.88. The summed E-state index contributed by atoms with van der Waals surface area (Å²) in [6.45, 7) is 0.637. The summed E-state index contributed by atoms with van der Waals surface area (Å²) in [7, 11) is -1.18. The summed E-state index contributed by atoms with van der Waals surface area (Å²) in [5.74, 6) is -2.98. The van der Waals surface area contributed by atoms with E-state index in [1.807, 2.05) is 0 Å². The minimum Gasteiger partial charge on any atom is -0.479 e. The molecule has 1 heterocycles. The molecule has 124 valence electrons. The van der Waals surface area contributed by atoms with E-state index in [9.17, 15) is 22.8 Å². The first-order chi connectivity index (χ1) is 10.7. The van der Waals surface area contributed by atoms with Gasteiger partial charge in [-0.3, -0.25) is 0 Å². The molecule has 0 radical (unpaired) electrons. The van der Waals surface area contributed by atoms with Gasteiger partial charge in [0.05, 0.1) is 0 Å². The molecule has 1 aromatic carbocycles. The van der Waals surface area contributed by atoms with Crippen LogP contribution in [0.3, 0.4) is 0 Å². The summed E-state index contributed by atoms with van der Waals surface area (Å²) in [6, 6.07) is 8.10. The van der Waals surface area contributed by atoms with Crippen LogP contribution in [0.2, 0.25) is 0 Å².